The first kappa shape index (κ1) is 26.1. The molecule has 0 amide bonds. The molecule has 2 unspecified atom stereocenters. The first-order valence-corrected chi connectivity index (χ1v) is 13.8. The van der Waals surface area contributed by atoms with Crippen LogP contribution in [0.15, 0.2) is 0 Å². The SMILES string of the molecule is CCCCCCC(C)CN1CC[C@@H](N2CCN(CC(CCC)CCCCC)CC2)C1. The molecule has 2 aliphatic heterocycles. The second kappa shape index (κ2) is 15.6. The van der Waals surface area contributed by atoms with Gasteiger partial charge in [-0.2, -0.15) is 0 Å². The molecular weight excluding hydrogens is 366 g/mol. The molecule has 3 nitrogen and oxygen atoms in total. The third kappa shape index (κ3) is 10.0. The van der Waals surface area contributed by atoms with Crippen molar-refractivity contribution in [2.75, 3.05) is 52.4 Å². The lowest BCUT2D eigenvalue weighted by Crippen LogP contribution is -2.51. The average molecular weight is 422 g/mol. The van der Waals surface area contributed by atoms with Crippen LogP contribution in [0.1, 0.15) is 105 Å². The molecule has 0 bridgehead atoms. The Balaban J connectivity index is 1.63. The molecule has 0 radical (unpaired) electrons. The van der Waals surface area contributed by atoms with Crippen LogP contribution in [0.25, 0.3) is 0 Å². The van der Waals surface area contributed by atoms with E-state index in [0.29, 0.717) is 0 Å². The minimum absolute atomic E-state index is 0.829. The molecule has 3 atom stereocenters. The quantitative estimate of drug-likeness (QED) is 0.271. The molecular formula is C27H55N3. The van der Waals surface area contributed by atoms with Gasteiger partial charge in [0.1, 0.15) is 0 Å². The summed E-state index contributed by atoms with van der Waals surface area (Å²) in [6.45, 7) is 20.0. The number of likely N-dealkylation sites (tertiary alicyclic amines) is 1. The highest BCUT2D eigenvalue weighted by molar-refractivity contribution is 4.87. The van der Waals surface area contributed by atoms with Crippen LogP contribution in [0.5, 0.6) is 0 Å². The molecule has 2 heterocycles. The van der Waals surface area contributed by atoms with Gasteiger partial charge >= 0.3 is 0 Å². The summed E-state index contributed by atoms with van der Waals surface area (Å²) in [5, 5.41) is 0. The van der Waals surface area contributed by atoms with Crippen LogP contribution >= 0.6 is 0 Å². The summed E-state index contributed by atoms with van der Waals surface area (Å²) in [5.41, 5.74) is 0. The first-order valence-electron chi connectivity index (χ1n) is 13.8. The average Bonchev–Trinajstić information content (AvgIpc) is 3.20. The third-order valence-electron chi connectivity index (χ3n) is 7.72. The molecule has 178 valence electrons. The number of piperazine rings is 1. The van der Waals surface area contributed by atoms with E-state index in [-0.39, 0.29) is 0 Å². The zero-order valence-corrected chi connectivity index (χ0v) is 21.2. The van der Waals surface area contributed by atoms with Crippen molar-refractivity contribution in [2.24, 2.45) is 11.8 Å². The molecule has 2 rings (SSSR count). The molecule has 0 spiro atoms. The minimum Gasteiger partial charge on any atom is -0.301 e. The predicted octanol–water partition coefficient (Wildman–Crippen LogP) is 6.28. The van der Waals surface area contributed by atoms with Crippen LogP contribution < -0.4 is 0 Å². The topological polar surface area (TPSA) is 9.72 Å². The lowest BCUT2D eigenvalue weighted by atomic mass is 9.95. The fraction of sp³-hybridized carbons (Fsp3) is 1.00. The molecule has 0 aromatic rings. The first-order chi connectivity index (χ1) is 14.7. The summed E-state index contributed by atoms with van der Waals surface area (Å²) in [4.78, 5) is 8.38. The van der Waals surface area contributed by atoms with Gasteiger partial charge in [0.25, 0.3) is 0 Å². The second-order valence-corrected chi connectivity index (χ2v) is 10.6. The van der Waals surface area contributed by atoms with Gasteiger partial charge in [-0.3, -0.25) is 4.90 Å². The molecule has 2 aliphatic rings. The van der Waals surface area contributed by atoms with Crippen LogP contribution in [-0.4, -0.2) is 73.1 Å². The predicted molar refractivity (Wildman–Crippen MR) is 133 cm³/mol. The Morgan fingerprint density at radius 3 is 2.07 bits per heavy atom. The summed E-state index contributed by atoms with van der Waals surface area (Å²) >= 11 is 0. The van der Waals surface area contributed by atoms with Gasteiger partial charge in [0, 0.05) is 51.9 Å². The van der Waals surface area contributed by atoms with Gasteiger partial charge in [-0.15, -0.1) is 0 Å². The van der Waals surface area contributed by atoms with Crippen LogP contribution in [-0.2, 0) is 0 Å². The monoisotopic (exact) mass is 421 g/mol. The normalized spacial score (nSPS) is 23.8. The Morgan fingerprint density at radius 1 is 0.667 bits per heavy atom. The van der Waals surface area contributed by atoms with Gasteiger partial charge in [-0.05, 0) is 44.1 Å². The maximum Gasteiger partial charge on any atom is 0.0236 e. The van der Waals surface area contributed by atoms with E-state index in [9.17, 15) is 0 Å². The van der Waals surface area contributed by atoms with E-state index in [0.717, 1.165) is 17.9 Å². The fourth-order valence-corrected chi connectivity index (χ4v) is 5.82. The van der Waals surface area contributed by atoms with Crippen molar-refractivity contribution in [3.8, 4) is 0 Å². The Bertz CT molecular complexity index is 405. The minimum atomic E-state index is 0.829. The maximum atomic E-state index is 2.83. The van der Waals surface area contributed by atoms with Crippen molar-refractivity contribution >= 4 is 0 Å². The summed E-state index contributed by atoms with van der Waals surface area (Å²) < 4.78 is 0. The van der Waals surface area contributed by atoms with Crippen LogP contribution in [0.3, 0.4) is 0 Å². The van der Waals surface area contributed by atoms with Gasteiger partial charge in [0.15, 0.2) is 0 Å². The highest BCUT2D eigenvalue weighted by atomic mass is 15.3. The second-order valence-electron chi connectivity index (χ2n) is 10.6. The number of rotatable bonds is 16. The van der Waals surface area contributed by atoms with Crippen molar-refractivity contribution in [1.29, 1.82) is 0 Å². The van der Waals surface area contributed by atoms with Gasteiger partial charge in [-0.1, -0.05) is 79.1 Å². The highest BCUT2D eigenvalue weighted by Gasteiger charge is 2.30. The van der Waals surface area contributed by atoms with Crippen molar-refractivity contribution in [3.63, 3.8) is 0 Å². The standard InChI is InChI=1S/C27H55N3/c1-5-8-10-12-14-25(4)22-29-17-16-27(24-29)30-20-18-28(19-21-30)23-26(13-7-3)15-11-9-6-2/h25-27H,5-24H2,1-4H3/t25?,26?,27-/m1/s1. The number of hydrogen-bond donors (Lipinski definition) is 0. The summed E-state index contributed by atoms with van der Waals surface area (Å²) in [6.07, 6.45) is 16.9. The molecule has 0 aliphatic carbocycles. The Labute approximate surface area is 189 Å². The van der Waals surface area contributed by atoms with E-state index < -0.39 is 0 Å². The van der Waals surface area contributed by atoms with E-state index in [4.69, 9.17) is 0 Å². The Hall–Kier alpha value is -0.120. The molecule has 0 aromatic carbocycles. The number of hydrogen-bond acceptors (Lipinski definition) is 3. The smallest absolute Gasteiger partial charge is 0.0236 e. The van der Waals surface area contributed by atoms with Gasteiger partial charge in [0.2, 0.25) is 0 Å². The molecule has 0 saturated carbocycles. The zero-order chi connectivity index (χ0) is 21.6. The molecule has 3 heteroatoms. The van der Waals surface area contributed by atoms with Crippen molar-refractivity contribution in [1.82, 2.24) is 14.7 Å². The van der Waals surface area contributed by atoms with Crippen molar-refractivity contribution < 1.29 is 0 Å². The Kier molecular flexibility index (Phi) is 13.6. The lowest BCUT2D eigenvalue weighted by Gasteiger charge is -2.39. The van der Waals surface area contributed by atoms with E-state index in [1.165, 1.54) is 129 Å². The number of unbranched alkanes of at least 4 members (excludes halogenated alkanes) is 5. The number of nitrogens with zero attached hydrogens (tertiary/aromatic N) is 3. The van der Waals surface area contributed by atoms with E-state index >= 15 is 0 Å². The highest BCUT2D eigenvalue weighted by Crippen LogP contribution is 2.22. The van der Waals surface area contributed by atoms with Crippen molar-refractivity contribution in [2.45, 2.75) is 111 Å². The summed E-state index contributed by atoms with van der Waals surface area (Å²) in [5.74, 6) is 1.81. The lowest BCUT2D eigenvalue weighted by molar-refractivity contribution is 0.0841. The van der Waals surface area contributed by atoms with E-state index in [1.807, 2.05) is 0 Å². The maximum absolute atomic E-state index is 2.83. The molecule has 2 fully saturated rings. The van der Waals surface area contributed by atoms with E-state index in [2.05, 4.69) is 42.4 Å². The largest absolute Gasteiger partial charge is 0.301 e. The van der Waals surface area contributed by atoms with Crippen LogP contribution in [0.2, 0.25) is 0 Å². The molecule has 0 aromatic heterocycles. The molecule has 0 N–H and O–H groups in total. The van der Waals surface area contributed by atoms with Crippen molar-refractivity contribution in [3.05, 3.63) is 0 Å². The third-order valence-corrected chi connectivity index (χ3v) is 7.72. The van der Waals surface area contributed by atoms with Gasteiger partial charge in [0.05, 0.1) is 0 Å². The van der Waals surface area contributed by atoms with Gasteiger partial charge in [-0.25, -0.2) is 0 Å². The summed E-state index contributed by atoms with van der Waals surface area (Å²) in [7, 11) is 0. The van der Waals surface area contributed by atoms with E-state index in [1.54, 1.807) is 0 Å². The van der Waals surface area contributed by atoms with Gasteiger partial charge < -0.3 is 9.80 Å². The molecule has 2 saturated heterocycles. The Morgan fingerprint density at radius 2 is 1.37 bits per heavy atom. The molecule has 30 heavy (non-hydrogen) atoms. The van der Waals surface area contributed by atoms with Crippen LogP contribution in [0, 0.1) is 11.8 Å². The fourth-order valence-electron chi connectivity index (χ4n) is 5.82. The summed E-state index contributed by atoms with van der Waals surface area (Å²) in [6, 6.07) is 0.829. The zero-order valence-electron chi connectivity index (χ0n) is 21.2. The van der Waals surface area contributed by atoms with Crippen LogP contribution in [0.4, 0.5) is 0 Å².